The van der Waals surface area contributed by atoms with Gasteiger partial charge in [-0.1, -0.05) is 0 Å². The quantitative estimate of drug-likeness (QED) is 0.370. The fraction of sp³-hybridized carbons (Fsp3) is 0.833. The summed E-state index contributed by atoms with van der Waals surface area (Å²) < 4.78 is 0. The van der Waals surface area contributed by atoms with E-state index in [2.05, 4.69) is 0 Å². The molecule has 0 aliphatic heterocycles. The molecule has 5 nitrogen and oxygen atoms in total. The first kappa shape index (κ1) is 10.5. The summed E-state index contributed by atoms with van der Waals surface area (Å²) in [5.74, 6) is -0.748. The van der Waals surface area contributed by atoms with E-state index in [0.717, 1.165) is 0 Å². The third kappa shape index (κ3) is 2.94. The van der Waals surface area contributed by atoms with E-state index in [9.17, 15) is 4.79 Å². The maximum absolute atomic E-state index is 10.8. The Labute approximate surface area is 64.4 Å². The predicted molar refractivity (Wildman–Crippen MR) is 37.8 cm³/mol. The summed E-state index contributed by atoms with van der Waals surface area (Å²) in [6, 6.07) is -1.11. The second kappa shape index (κ2) is 4.40. The van der Waals surface area contributed by atoms with Crippen molar-refractivity contribution >= 4 is 5.78 Å². The molecule has 5 heteroatoms. The van der Waals surface area contributed by atoms with E-state index >= 15 is 0 Å². The highest BCUT2D eigenvalue weighted by Crippen LogP contribution is 1.96. The van der Waals surface area contributed by atoms with Gasteiger partial charge >= 0.3 is 0 Å². The van der Waals surface area contributed by atoms with Crippen LogP contribution in [0.5, 0.6) is 0 Å². The average Bonchev–Trinajstić information content (AvgIpc) is 2.00. The number of Topliss-reactive ketones (excluding diaryl/α,β-unsaturated/α-hetero) is 1. The third-order valence-electron chi connectivity index (χ3n) is 1.31. The normalized spacial score (nSPS) is 19.0. The van der Waals surface area contributed by atoms with Crippen LogP contribution in [0.15, 0.2) is 0 Å². The maximum atomic E-state index is 10.8. The summed E-state index contributed by atoms with van der Waals surface area (Å²) in [5.41, 5.74) is 5.08. The Hall–Kier alpha value is -0.490. The van der Waals surface area contributed by atoms with Gasteiger partial charge in [0.2, 0.25) is 0 Å². The molecule has 0 aromatic heterocycles. The predicted octanol–water partition coefficient (Wildman–Crippen LogP) is -2.38. The van der Waals surface area contributed by atoms with E-state index in [1.54, 1.807) is 0 Å². The minimum atomic E-state index is -1.50. The molecule has 66 valence electrons. The Morgan fingerprint density at radius 3 is 2.27 bits per heavy atom. The Morgan fingerprint density at radius 1 is 1.55 bits per heavy atom. The number of rotatable bonds is 4. The van der Waals surface area contributed by atoms with Gasteiger partial charge in [0.1, 0.15) is 6.10 Å². The van der Waals surface area contributed by atoms with Crippen LogP contribution < -0.4 is 5.73 Å². The lowest BCUT2D eigenvalue weighted by Gasteiger charge is -2.15. The molecule has 0 aromatic rings. The molecule has 0 unspecified atom stereocenters. The van der Waals surface area contributed by atoms with Crippen LogP contribution in [0.4, 0.5) is 0 Å². The molecule has 0 heterocycles. The van der Waals surface area contributed by atoms with Gasteiger partial charge in [-0.15, -0.1) is 0 Å². The van der Waals surface area contributed by atoms with Crippen molar-refractivity contribution in [3.63, 3.8) is 0 Å². The van der Waals surface area contributed by atoms with E-state index in [1.165, 1.54) is 6.92 Å². The molecule has 11 heavy (non-hydrogen) atoms. The molecule has 0 saturated carbocycles. The van der Waals surface area contributed by atoms with E-state index in [-0.39, 0.29) is 0 Å². The van der Waals surface area contributed by atoms with Crippen LogP contribution in [-0.4, -0.2) is 46.0 Å². The lowest BCUT2D eigenvalue weighted by molar-refractivity contribution is -0.134. The zero-order valence-corrected chi connectivity index (χ0v) is 6.27. The van der Waals surface area contributed by atoms with E-state index in [1.807, 2.05) is 0 Å². The first-order chi connectivity index (χ1) is 5.00. The number of ketones is 1. The fourth-order valence-corrected chi connectivity index (χ4v) is 0.547. The molecule has 0 aromatic carbocycles. The van der Waals surface area contributed by atoms with Crippen molar-refractivity contribution < 1.29 is 20.1 Å². The molecule has 0 radical (unpaired) electrons. The molecular formula is C6H13NO4. The number of carbonyl (C=O) groups is 1. The lowest BCUT2D eigenvalue weighted by atomic mass is 10.1. The van der Waals surface area contributed by atoms with Gasteiger partial charge in [-0.05, 0) is 6.92 Å². The van der Waals surface area contributed by atoms with Crippen LogP contribution >= 0.6 is 0 Å². The lowest BCUT2D eigenvalue weighted by Crippen LogP contribution is -2.45. The molecule has 0 spiro atoms. The van der Waals surface area contributed by atoms with Gasteiger partial charge in [0.15, 0.2) is 5.78 Å². The van der Waals surface area contributed by atoms with E-state index in [4.69, 9.17) is 21.1 Å². The van der Waals surface area contributed by atoms with Crippen LogP contribution in [0, 0.1) is 0 Å². The SMILES string of the molecule is C[C@@H](O)[C@@H](O)C(=O)[C@@H](N)CO. The summed E-state index contributed by atoms with van der Waals surface area (Å²) in [6.07, 6.45) is -2.66. The van der Waals surface area contributed by atoms with E-state index in [0.29, 0.717) is 0 Å². The largest absolute Gasteiger partial charge is 0.394 e. The number of carbonyl (C=O) groups excluding carboxylic acids is 1. The van der Waals surface area contributed by atoms with Crippen molar-refractivity contribution in [2.45, 2.75) is 25.2 Å². The summed E-state index contributed by atoms with van der Waals surface area (Å²) in [6.45, 7) is 0.745. The Bertz CT molecular complexity index is 137. The smallest absolute Gasteiger partial charge is 0.182 e. The van der Waals surface area contributed by atoms with Crippen LogP contribution in [0.25, 0.3) is 0 Å². The van der Waals surface area contributed by atoms with Gasteiger partial charge in [0.05, 0.1) is 18.8 Å². The molecule has 0 fully saturated rings. The molecule has 5 N–H and O–H groups in total. The zero-order chi connectivity index (χ0) is 9.02. The highest BCUT2D eigenvalue weighted by Gasteiger charge is 2.25. The van der Waals surface area contributed by atoms with Crippen molar-refractivity contribution in [2.75, 3.05) is 6.61 Å². The van der Waals surface area contributed by atoms with Crippen molar-refractivity contribution in [1.82, 2.24) is 0 Å². The van der Waals surface area contributed by atoms with Crippen molar-refractivity contribution in [3.8, 4) is 0 Å². The minimum Gasteiger partial charge on any atom is -0.394 e. The molecular weight excluding hydrogens is 150 g/mol. The van der Waals surface area contributed by atoms with Crippen LogP contribution in [0.2, 0.25) is 0 Å². The Balaban J connectivity index is 4.02. The number of nitrogens with two attached hydrogens (primary N) is 1. The van der Waals surface area contributed by atoms with Gasteiger partial charge < -0.3 is 21.1 Å². The second-order valence-corrected chi connectivity index (χ2v) is 2.38. The number of hydrogen-bond acceptors (Lipinski definition) is 5. The molecule has 0 aliphatic carbocycles. The first-order valence-corrected chi connectivity index (χ1v) is 3.27. The molecule has 3 atom stereocenters. The zero-order valence-electron chi connectivity index (χ0n) is 6.27. The number of aliphatic hydroxyl groups is 3. The molecule has 0 aliphatic rings. The van der Waals surface area contributed by atoms with Gasteiger partial charge in [0.25, 0.3) is 0 Å². The monoisotopic (exact) mass is 163 g/mol. The topological polar surface area (TPSA) is 104 Å². The third-order valence-corrected chi connectivity index (χ3v) is 1.31. The molecule has 0 rings (SSSR count). The molecule has 0 amide bonds. The molecule has 0 bridgehead atoms. The van der Waals surface area contributed by atoms with Crippen LogP contribution in [0.1, 0.15) is 6.92 Å². The standard InChI is InChI=1S/C6H13NO4/c1-3(9)5(10)6(11)4(7)2-8/h3-5,8-10H,2,7H2,1H3/t3-,4+,5-/m1/s1. The van der Waals surface area contributed by atoms with Gasteiger partial charge in [-0.2, -0.15) is 0 Å². The van der Waals surface area contributed by atoms with Crippen molar-refractivity contribution in [2.24, 2.45) is 5.73 Å². The van der Waals surface area contributed by atoms with Crippen molar-refractivity contribution in [1.29, 1.82) is 0 Å². The molecule has 0 saturated heterocycles. The average molecular weight is 163 g/mol. The summed E-state index contributed by atoms with van der Waals surface area (Å²) in [4.78, 5) is 10.8. The van der Waals surface area contributed by atoms with Crippen LogP contribution in [-0.2, 0) is 4.79 Å². The number of aliphatic hydroxyl groups excluding tert-OH is 3. The van der Waals surface area contributed by atoms with E-state index < -0.39 is 30.6 Å². The Morgan fingerprint density at radius 2 is 2.00 bits per heavy atom. The summed E-state index contributed by atoms with van der Waals surface area (Å²) in [5, 5.41) is 26.0. The second-order valence-electron chi connectivity index (χ2n) is 2.38. The Kier molecular flexibility index (Phi) is 4.20. The fourth-order valence-electron chi connectivity index (χ4n) is 0.547. The summed E-state index contributed by atoms with van der Waals surface area (Å²) in [7, 11) is 0. The van der Waals surface area contributed by atoms with Crippen molar-refractivity contribution in [3.05, 3.63) is 0 Å². The van der Waals surface area contributed by atoms with Gasteiger partial charge in [-0.3, -0.25) is 4.79 Å². The minimum absolute atomic E-state index is 0.525. The highest BCUT2D eigenvalue weighted by atomic mass is 16.3. The van der Waals surface area contributed by atoms with Gasteiger partial charge in [0, 0.05) is 0 Å². The first-order valence-electron chi connectivity index (χ1n) is 3.27. The van der Waals surface area contributed by atoms with Crippen LogP contribution in [0.3, 0.4) is 0 Å². The summed E-state index contributed by atoms with van der Waals surface area (Å²) >= 11 is 0. The highest BCUT2D eigenvalue weighted by molar-refractivity contribution is 5.88. The van der Waals surface area contributed by atoms with Gasteiger partial charge in [-0.25, -0.2) is 0 Å². The maximum Gasteiger partial charge on any atom is 0.182 e. The number of hydrogen-bond donors (Lipinski definition) is 4.